The molecule has 4 aromatic carbocycles. The van der Waals surface area contributed by atoms with E-state index in [1.807, 2.05) is 67.6 Å². The quantitative estimate of drug-likeness (QED) is 0.208. The second kappa shape index (κ2) is 10.1. The number of phenols is 1. The van der Waals surface area contributed by atoms with Crippen LogP contribution in [0.3, 0.4) is 0 Å². The van der Waals surface area contributed by atoms with Crippen molar-refractivity contribution in [3.63, 3.8) is 0 Å². The monoisotopic (exact) mass is 608 g/mol. The van der Waals surface area contributed by atoms with E-state index >= 15 is 0 Å². The van der Waals surface area contributed by atoms with Crippen LogP contribution in [0.4, 0.5) is 11.4 Å². The van der Waals surface area contributed by atoms with Crippen molar-refractivity contribution in [2.45, 2.75) is 25.7 Å². The Morgan fingerprint density at radius 1 is 0.783 bits per heavy atom. The highest BCUT2D eigenvalue weighted by molar-refractivity contribution is 6.25. The highest BCUT2D eigenvalue weighted by Gasteiger charge is 2.68. The smallest absolute Gasteiger partial charge is 0.241 e. The highest BCUT2D eigenvalue weighted by Crippen LogP contribution is 2.64. The van der Waals surface area contributed by atoms with Crippen LogP contribution in [0.1, 0.15) is 36.8 Å². The molecule has 6 atom stereocenters. The summed E-state index contributed by atoms with van der Waals surface area (Å²) in [4.78, 5) is 59.7. The number of carbonyl (C=O) groups is 4. The molecule has 4 amide bonds. The summed E-state index contributed by atoms with van der Waals surface area (Å²) in [7, 11) is 0. The van der Waals surface area contributed by atoms with E-state index in [-0.39, 0.29) is 35.8 Å². The van der Waals surface area contributed by atoms with Crippen molar-refractivity contribution < 1.29 is 24.3 Å². The van der Waals surface area contributed by atoms with E-state index in [0.29, 0.717) is 28.7 Å². The Hall–Kier alpha value is -5.30. The second-order valence-electron chi connectivity index (χ2n) is 13.0. The van der Waals surface area contributed by atoms with Gasteiger partial charge >= 0.3 is 0 Å². The van der Waals surface area contributed by atoms with Gasteiger partial charge in [0.25, 0.3) is 0 Å². The molecule has 7 nitrogen and oxygen atoms in total. The fourth-order valence-electron chi connectivity index (χ4n) is 8.70. The standard InChI is InChI=1S/C39H32N2O5/c1-3-22-13-16-25(17-14-22)40-35(43)28-20-19-27-30(32(28)37(40)45)21-31-36(44)41(24-10-5-4-6-11-24)38(46)39(31,2)33(27)29-18-15-23-9-7-8-12-26(23)34(29)42/h3-19,28,30-33,42H,1,20-21H2,2H3. The summed E-state index contributed by atoms with van der Waals surface area (Å²) in [6.45, 7) is 5.62. The third-order valence-electron chi connectivity index (χ3n) is 10.9. The number of hydrogen-bond acceptors (Lipinski definition) is 5. The number of fused-ring (bicyclic) bond motifs is 5. The van der Waals surface area contributed by atoms with E-state index < -0.39 is 35.0 Å². The van der Waals surface area contributed by atoms with Gasteiger partial charge < -0.3 is 5.11 Å². The lowest BCUT2D eigenvalue weighted by molar-refractivity contribution is -0.131. The molecule has 2 aliphatic heterocycles. The summed E-state index contributed by atoms with van der Waals surface area (Å²) in [6, 6.07) is 27.3. The number of hydrogen-bond donors (Lipinski definition) is 1. The van der Waals surface area contributed by atoms with Gasteiger partial charge in [-0.05, 0) is 60.9 Å². The molecule has 4 aliphatic rings. The first-order valence-electron chi connectivity index (χ1n) is 15.7. The van der Waals surface area contributed by atoms with Gasteiger partial charge in [0.1, 0.15) is 5.75 Å². The predicted octanol–water partition coefficient (Wildman–Crippen LogP) is 6.62. The van der Waals surface area contributed by atoms with E-state index in [0.717, 1.165) is 16.5 Å². The number of anilines is 2. The van der Waals surface area contributed by atoms with E-state index in [1.165, 1.54) is 9.80 Å². The van der Waals surface area contributed by atoms with Gasteiger partial charge in [-0.1, -0.05) is 91.0 Å². The van der Waals surface area contributed by atoms with Crippen LogP contribution in [-0.2, 0) is 19.2 Å². The van der Waals surface area contributed by atoms with Gasteiger partial charge in [0.05, 0.1) is 34.5 Å². The molecule has 2 aliphatic carbocycles. The van der Waals surface area contributed by atoms with Crippen molar-refractivity contribution in [3.05, 3.63) is 120 Å². The van der Waals surface area contributed by atoms with Crippen molar-refractivity contribution >= 4 is 51.9 Å². The molecule has 7 heteroatoms. The fraction of sp³-hybridized carbons (Fsp3) is 0.231. The Kier molecular flexibility index (Phi) is 6.19. The summed E-state index contributed by atoms with van der Waals surface area (Å²) in [5, 5.41) is 13.3. The van der Waals surface area contributed by atoms with E-state index in [1.54, 1.807) is 42.5 Å². The van der Waals surface area contributed by atoms with Crippen LogP contribution in [0.5, 0.6) is 5.75 Å². The number of benzene rings is 4. The zero-order valence-electron chi connectivity index (χ0n) is 25.3. The van der Waals surface area contributed by atoms with Gasteiger partial charge in [-0.15, -0.1) is 0 Å². The topological polar surface area (TPSA) is 95.0 Å². The van der Waals surface area contributed by atoms with E-state index in [4.69, 9.17) is 0 Å². The van der Waals surface area contributed by atoms with Gasteiger partial charge in [0.2, 0.25) is 23.6 Å². The van der Waals surface area contributed by atoms with Crippen LogP contribution in [0.25, 0.3) is 16.8 Å². The SMILES string of the molecule is C=Cc1ccc(N2C(=O)C3CC=C4C(CC5C(=O)N(c6ccccc6)C(=O)C5(C)C4c4ccc5ccccc5c4O)C3C2=O)cc1. The summed E-state index contributed by atoms with van der Waals surface area (Å²) < 4.78 is 0. The second-order valence-corrected chi connectivity index (χ2v) is 13.0. The van der Waals surface area contributed by atoms with Crippen LogP contribution in [0.2, 0.25) is 0 Å². The lowest BCUT2D eigenvalue weighted by atomic mass is 9.51. The lowest BCUT2D eigenvalue weighted by Crippen LogP contribution is -2.48. The number of para-hydroxylation sites is 1. The maximum Gasteiger partial charge on any atom is 0.241 e. The molecule has 2 heterocycles. The average molecular weight is 609 g/mol. The van der Waals surface area contributed by atoms with E-state index in [9.17, 15) is 24.3 Å². The molecule has 0 spiro atoms. The molecule has 228 valence electrons. The van der Waals surface area contributed by atoms with Crippen molar-refractivity contribution in [1.29, 1.82) is 0 Å². The number of allylic oxidation sites excluding steroid dienone is 2. The number of imide groups is 2. The molecule has 3 fully saturated rings. The average Bonchev–Trinajstić information content (AvgIpc) is 3.45. The molecule has 8 rings (SSSR count). The number of aromatic hydroxyl groups is 1. The largest absolute Gasteiger partial charge is 0.507 e. The van der Waals surface area contributed by atoms with Gasteiger partial charge in [0, 0.05) is 16.9 Å². The van der Waals surface area contributed by atoms with Crippen molar-refractivity contribution in [2.75, 3.05) is 9.80 Å². The molecule has 2 saturated heterocycles. The zero-order valence-corrected chi connectivity index (χ0v) is 25.3. The highest BCUT2D eigenvalue weighted by atomic mass is 16.3. The molecule has 4 aromatic rings. The van der Waals surface area contributed by atoms with Gasteiger partial charge in [-0.3, -0.25) is 24.1 Å². The summed E-state index contributed by atoms with van der Waals surface area (Å²) in [5.41, 5.74) is 2.03. The first-order valence-corrected chi connectivity index (χ1v) is 15.7. The first kappa shape index (κ1) is 28.2. The molecular weight excluding hydrogens is 576 g/mol. The normalized spacial score (nSPS) is 28.6. The molecule has 6 unspecified atom stereocenters. The summed E-state index contributed by atoms with van der Waals surface area (Å²) in [6.07, 6.45) is 4.29. The van der Waals surface area contributed by atoms with Gasteiger partial charge in [0.15, 0.2) is 0 Å². The van der Waals surface area contributed by atoms with E-state index in [2.05, 4.69) is 6.58 Å². The molecule has 1 N–H and O–H groups in total. The number of amides is 4. The number of rotatable bonds is 4. The lowest BCUT2D eigenvalue weighted by Gasteiger charge is -2.49. The van der Waals surface area contributed by atoms with Crippen LogP contribution >= 0.6 is 0 Å². The summed E-state index contributed by atoms with van der Waals surface area (Å²) in [5.74, 6) is -4.31. The van der Waals surface area contributed by atoms with Gasteiger partial charge in [-0.2, -0.15) is 0 Å². The van der Waals surface area contributed by atoms with Crippen LogP contribution < -0.4 is 9.80 Å². The molecule has 1 saturated carbocycles. The molecule has 0 bridgehead atoms. The number of nitrogens with zero attached hydrogens (tertiary/aromatic N) is 2. The molecular formula is C39H32N2O5. The molecule has 0 radical (unpaired) electrons. The third-order valence-corrected chi connectivity index (χ3v) is 10.9. The summed E-state index contributed by atoms with van der Waals surface area (Å²) >= 11 is 0. The minimum Gasteiger partial charge on any atom is -0.507 e. The fourth-order valence-corrected chi connectivity index (χ4v) is 8.70. The Balaban J connectivity index is 1.29. The predicted molar refractivity (Wildman–Crippen MR) is 176 cm³/mol. The third kappa shape index (κ3) is 3.71. The Bertz CT molecular complexity index is 2020. The molecule has 46 heavy (non-hydrogen) atoms. The van der Waals surface area contributed by atoms with Crippen molar-refractivity contribution in [1.82, 2.24) is 0 Å². The van der Waals surface area contributed by atoms with Crippen molar-refractivity contribution in [3.8, 4) is 5.75 Å². The Morgan fingerprint density at radius 3 is 2.22 bits per heavy atom. The Labute approximate surface area is 266 Å². The Morgan fingerprint density at radius 2 is 1.48 bits per heavy atom. The minimum atomic E-state index is -1.23. The number of phenolic OH excluding ortho intramolecular Hbond substituents is 1. The zero-order chi connectivity index (χ0) is 31.9. The van der Waals surface area contributed by atoms with Gasteiger partial charge in [-0.25, -0.2) is 4.90 Å². The van der Waals surface area contributed by atoms with Crippen LogP contribution in [-0.4, -0.2) is 28.7 Å². The van der Waals surface area contributed by atoms with Crippen LogP contribution in [0, 0.1) is 29.1 Å². The van der Waals surface area contributed by atoms with Crippen molar-refractivity contribution in [2.24, 2.45) is 29.1 Å². The maximum absolute atomic E-state index is 14.6. The molecule has 0 aromatic heterocycles. The number of carbonyl (C=O) groups excluding carboxylic acids is 4. The van der Waals surface area contributed by atoms with Crippen LogP contribution in [0.15, 0.2) is 109 Å². The first-order chi connectivity index (χ1) is 22.3. The minimum absolute atomic E-state index is 0.0583. The maximum atomic E-state index is 14.6.